The molecule has 0 aliphatic heterocycles. The first-order valence-corrected chi connectivity index (χ1v) is 8.49. The minimum absolute atomic E-state index is 0.0475. The summed E-state index contributed by atoms with van der Waals surface area (Å²) in [5, 5.41) is 8.88. The van der Waals surface area contributed by atoms with Gasteiger partial charge in [-0.15, -0.1) is 6.58 Å². The fourth-order valence-electron chi connectivity index (χ4n) is 2.31. The van der Waals surface area contributed by atoms with E-state index in [-0.39, 0.29) is 6.61 Å². The van der Waals surface area contributed by atoms with Crippen molar-refractivity contribution in [2.24, 2.45) is 0 Å². The summed E-state index contributed by atoms with van der Waals surface area (Å²) >= 11 is 0. The molecule has 24 heavy (non-hydrogen) atoms. The van der Waals surface area contributed by atoms with Crippen molar-refractivity contribution < 1.29 is 9.84 Å². The average molecular weight is 326 g/mol. The summed E-state index contributed by atoms with van der Waals surface area (Å²) in [6.45, 7) is 10.8. The molecule has 0 atom stereocenters. The van der Waals surface area contributed by atoms with Gasteiger partial charge in [0.15, 0.2) is 0 Å². The van der Waals surface area contributed by atoms with Gasteiger partial charge in [0.25, 0.3) is 0 Å². The lowest BCUT2D eigenvalue weighted by atomic mass is 10.1. The van der Waals surface area contributed by atoms with Crippen LogP contribution in [0, 0.1) is 0 Å². The molecular weight excluding hydrogens is 296 g/mol. The maximum Gasteiger partial charge on any atom is 0.123 e. The smallest absolute Gasteiger partial charge is 0.123 e. The molecule has 1 N–H and O–H groups in total. The quantitative estimate of drug-likeness (QED) is 0.576. The lowest BCUT2D eigenvalue weighted by Gasteiger charge is -2.10. The van der Waals surface area contributed by atoms with Gasteiger partial charge in [0, 0.05) is 0 Å². The average Bonchev–Trinajstić information content (AvgIpc) is 2.54. The Hall–Kier alpha value is -2.06. The molecule has 0 bridgehead atoms. The Kier molecular flexibility index (Phi) is 9.55. The van der Waals surface area contributed by atoms with Crippen LogP contribution in [-0.4, -0.2) is 18.3 Å². The van der Waals surface area contributed by atoms with Crippen molar-refractivity contribution in [1.29, 1.82) is 0 Å². The van der Waals surface area contributed by atoms with Gasteiger partial charge in [0.1, 0.15) is 12.4 Å². The lowest BCUT2D eigenvalue weighted by molar-refractivity contribution is 0.343. The minimum Gasteiger partial charge on any atom is -0.489 e. The van der Waals surface area contributed by atoms with Crippen molar-refractivity contribution in [2.45, 2.75) is 40.0 Å². The molecule has 0 aliphatic rings. The highest BCUT2D eigenvalue weighted by molar-refractivity contribution is 5.53. The van der Waals surface area contributed by atoms with Crippen LogP contribution in [0.3, 0.4) is 0 Å². The maximum atomic E-state index is 8.88. The predicted octanol–water partition coefficient (Wildman–Crippen LogP) is 5.49. The van der Waals surface area contributed by atoms with E-state index in [2.05, 4.69) is 45.6 Å². The number of allylic oxidation sites excluding steroid dienone is 4. The number of benzene rings is 1. The predicted molar refractivity (Wildman–Crippen MR) is 104 cm³/mol. The van der Waals surface area contributed by atoms with Gasteiger partial charge in [-0.05, 0) is 69.4 Å². The van der Waals surface area contributed by atoms with E-state index in [0.29, 0.717) is 6.61 Å². The molecule has 0 aliphatic carbocycles. The second kappa shape index (κ2) is 11.5. The third-order valence-corrected chi connectivity index (χ3v) is 3.63. The van der Waals surface area contributed by atoms with E-state index in [9.17, 15) is 0 Å². The van der Waals surface area contributed by atoms with Crippen LogP contribution in [0.2, 0.25) is 0 Å². The van der Waals surface area contributed by atoms with E-state index < -0.39 is 0 Å². The van der Waals surface area contributed by atoms with E-state index in [1.165, 1.54) is 11.1 Å². The highest BCUT2D eigenvalue weighted by atomic mass is 16.5. The highest BCUT2D eigenvalue weighted by Crippen LogP contribution is 2.22. The number of aliphatic hydroxyl groups excluding tert-OH is 1. The first-order valence-electron chi connectivity index (χ1n) is 8.49. The summed E-state index contributed by atoms with van der Waals surface area (Å²) in [4.78, 5) is 0. The van der Waals surface area contributed by atoms with E-state index in [4.69, 9.17) is 9.84 Å². The van der Waals surface area contributed by atoms with E-state index in [1.807, 2.05) is 24.3 Å². The molecule has 0 amide bonds. The van der Waals surface area contributed by atoms with Crippen molar-refractivity contribution >= 4 is 6.08 Å². The number of rotatable bonds is 10. The third kappa shape index (κ3) is 7.98. The van der Waals surface area contributed by atoms with Crippen LogP contribution in [0.15, 0.2) is 60.2 Å². The molecule has 1 rings (SSSR count). The second-order valence-electron chi connectivity index (χ2n) is 6.13. The van der Waals surface area contributed by atoms with Gasteiger partial charge in [-0.3, -0.25) is 0 Å². The third-order valence-electron chi connectivity index (χ3n) is 3.63. The Bertz CT molecular complexity index is 602. The van der Waals surface area contributed by atoms with Crippen molar-refractivity contribution in [2.75, 3.05) is 13.2 Å². The number of aliphatic hydroxyl groups is 1. The van der Waals surface area contributed by atoms with Crippen LogP contribution in [-0.2, 0) is 6.42 Å². The Morgan fingerprint density at radius 1 is 1.21 bits per heavy atom. The summed E-state index contributed by atoms with van der Waals surface area (Å²) in [5.41, 5.74) is 4.88. The summed E-state index contributed by atoms with van der Waals surface area (Å²) in [5.74, 6) is 0.893. The largest absolute Gasteiger partial charge is 0.489 e. The van der Waals surface area contributed by atoms with Gasteiger partial charge in [-0.1, -0.05) is 41.5 Å². The Morgan fingerprint density at radius 3 is 2.67 bits per heavy atom. The van der Waals surface area contributed by atoms with E-state index in [0.717, 1.165) is 36.1 Å². The fraction of sp³-hybridized carbons (Fsp3) is 0.364. The molecule has 1 aromatic carbocycles. The highest BCUT2D eigenvalue weighted by Gasteiger charge is 2.03. The molecule has 130 valence electrons. The SMILES string of the molecule is C=CCc1cc(/C=C/CO)ccc1OC/C=C(\C)CCC=C(C)C. The van der Waals surface area contributed by atoms with Gasteiger partial charge in [0.2, 0.25) is 0 Å². The molecular formula is C22H30O2. The van der Waals surface area contributed by atoms with Crippen molar-refractivity contribution in [3.05, 3.63) is 71.4 Å². The Balaban J connectivity index is 2.67. The molecule has 2 nitrogen and oxygen atoms in total. The normalized spacial score (nSPS) is 11.6. The molecule has 2 heteroatoms. The van der Waals surface area contributed by atoms with Crippen molar-refractivity contribution in [3.63, 3.8) is 0 Å². The Labute approximate surface area is 146 Å². The molecule has 0 spiro atoms. The number of hydrogen-bond donors (Lipinski definition) is 1. The molecule has 1 aromatic rings. The second-order valence-corrected chi connectivity index (χ2v) is 6.13. The summed E-state index contributed by atoms with van der Waals surface area (Å²) in [6.07, 6.45) is 12.8. The topological polar surface area (TPSA) is 29.5 Å². The first kappa shape index (κ1) is 20.0. The van der Waals surface area contributed by atoms with E-state index >= 15 is 0 Å². The van der Waals surface area contributed by atoms with Crippen LogP contribution < -0.4 is 4.74 Å². The van der Waals surface area contributed by atoms with Crippen LogP contribution in [0.25, 0.3) is 6.08 Å². The zero-order valence-electron chi connectivity index (χ0n) is 15.2. The van der Waals surface area contributed by atoms with Gasteiger partial charge in [-0.25, -0.2) is 0 Å². The zero-order valence-corrected chi connectivity index (χ0v) is 15.2. The summed E-state index contributed by atoms with van der Waals surface area (Å²) in [6, 6.07) is 6.07. The fourth-order valence-corrected chi connectivity index (χ4v) is 2.31. The molecule has 0 unspecified atom stereocenters. The zero-order chi connectivity index (χ0) is 17.8. The van der Waals surface area contributed by atoms with Crippen LogP contribution in [0.4, 0.5) is 0 Å². The monoisotopic (exact) mass is 326 g/mol. The van der Waals surface area contributed by atoms with Crippen molar-refractivity contribution in [1.82, 2.24) is 0 Å². The van der Waals surface area contributed by atoms with Gasteiger partial charge in [0.05, 0.1) is 6.61 Å². The first-order chi connectivity index (χ1) is 11.6. The molecule has 0 saturated heterocycles. The standard InChI is InChI=1S/C22H30O2/c1-5-8-21-17-20(11-7-15-23)12-13-22(21)24-16-14-19(4)10-6-9-18(2)3/h5,7,9,11-14,17,23H,1,6,8,10,15-16H2,2-4H3/b11-7+,19-14+. The van der Waals surface area contributed by atoms with Crippen LogP contribution in [0.5, 0.6) is 5.75 Å². The summed E-state index contributed by atoms with van der Waals surface area (Å²) in [7, 11) is 0. The number of hydrogen-bond acceptors (Lipinski definition) is 2. The van der Waals surface area contributed by atoms with E-state index in [1.54, 1.807) is 6.08 Å². The Morgan fingerprint density at radius 2 is 2.00 bits per heavy atom. The van der Waals surface area contributed by atoms with Gasteiger partial charge in [-0.2, -0.15) is 0 Å². The lowest BCUT2D eigenvalue weighted by Crippen LogP contribution is -1.99. The molecule has 0 heterocycles. The van der Waals surface area contributed by atoms with Gasteiger partial charge >= 0.3 is 0 Å². The minimum atomic E-state index is 0.0475. The molecule has 0 saturated carbocycles. The van der Waals surface area contributed by atoms with Crippen LogP contribution >= 0.6 is 0 Å². The maximum absolute atomic E-state index is 8.88. The number of ether oxygens (including phenoxy) is 1. The van der Waals surface area contributed by atoms with Crippen LogP contribution in [0.1, 0.15) is 44.7 Å². The molecule has 0 fully saturated rings. The summed E-state index contributed by atoms with van der Waals surface area (Å²) < 4.78 is 5.93. The molecule has 0 radical (unpaired) electrons. The molecule has 0 aromatic heterocycles. The van der Waals surface area contributed by atoms with Crippen molar-refractivity contribution in [3.8, 4) is 5.75 Å². The van der Waals surface area contributed by atoms with Gasteiger partial charge < -0.3 is 9.84 Å².